The topological polar surface area (TPSA) is 35.5 Å². The number of hydrogen-bond donors (Lipinski definition) is 0. The minimum Gasteiger partial charge on any atom is -0.499 e. The van der Waals surface area contributed by atoms with Crippen molar-refractivity contribution in [1.82, 2.24) is 0 Å². The summed E-state index contributed by atoms with van der Waals surface area (Å²) in [5.74, 6) is 0.855. The Hall–Kier alpha value is -0.990. The van der Waals surface area contributed by atoms with E-state index in [1.807, 2.05) is 27.7 Å². The van der Waals surface area contributed by atoms with Crippen LogP contribution in [0.15, 0.2) is 12.3 Å². The molecule has 0 aromatic carbocycles. The average Bonchev–Trinajstić information content (AvgIpc) is 2.24. The molecular weight excluding hydrogens is 228 g/mol. The van der Waals surface area contributed by atoms with Crippen LogP contribution in [0.2, 0.25) is 0 Å². The first-order valence-corrected chi connectivity index (χ1v) is 6.84. The molecule has 0 aliphatic rings. The molecule has 0 N–H and O–H groups in total. The highest BCUT2D eigenvalue weighted by Crippen LogP contribution is 2.34. The zero-order valence-electron chi connectivity index (χ0n) is 12.7. The molecule has 0 aliphatic carbocycles. The molecular formula is C15H28O3. The first kappa shape index (κ1) is 17.0. The molecule has 0 heterocycles. The minimum atomic E-state index is -0.191. The lowest BCUT2D eigenvalue weighted by Gasteiger charge is -2.32. The van der Waals surface area contributed by atoms with Crippen molar-refractivity contribution in [1.29, 1.82) is 0 Å². The van der Waals surface area contributed by atoms with Crippen molar-refractivity contribution in [2.45, 2.75) is 41.5 Å². The van der Waals surface area contributed by atoms with Crippen LogP contribution in [-0.2, 0) is 14.3 Å². The molecule has 106 valence electrons. The van der Waals surface area contributed by atoms with Gasteiger partial charge in [0.05, 0.1) is 24.9 Å². The van der Waals surface area contributed by atoms with E-state index in [1.165, 1.54) is 0 Å². The number of esters is 1. The van der Waals surface area contributed by atoms with Crippen molar-refractivity contribution in [3.8, 4) is 0 Å². The summed E-state index contributed by atoms with van der Waals surface area (Å²) in [7, 11) is 0. The van der Waals surface area contributed by atoms with E-state index in [9.17, 15) is 4.79 Å². The average molecular weight is 256 g/mol. The quantitative estimate of drug-likeness (QED) is 0.491. The fraction of sp³-hybridized carbons (Fsp3) is 0.800. The largest absolute Gasteiger partial charge is 0.499 e. The molecule has 0 saturated heterocycles. The molecule has 0 spiro atoms. The third-order valence-corrected chi connectivity index (χ3v) is 3.08. The highest BCUT2D eigenvalue weighted by molar-refractivity contribution is 5.73. The van der Waals surface area contributed by atoms with E-state index in [0.29, 0.717) is 24.9 Å². The zero-order chi connectivity index (χ0) is 14.3. The van der Waals surface area contributed by atoms with Gasteiger partial charge in [-0.2, -0.15) is 0 Å². The lowest BCUT2D eigenvalue weighted by atomic mass is 9.76. The van der Waals surface area contributed by atoms with Gasteiger partial charge in [-0.25, -0.2) is 0 Å². The summed E-state index contributed by atoms with van der Waals surface area (Å²) in [6, 6.07) is 0. The standard InChI is InChI=1S/C15H28O3/c1-8-17-12(7)13(10(3)4)14(11(5)6)15(16)18-9-2/h10-11,13-14H,7-9H2,1-6H3. The first-order chi connectivity index (χ1) is 8.36. The first-order valence-electron chi connectivity index (χ1n) is 6.84. The maximum Gasteiger partial charge on any atom is 0.309 e. The Balaban J connectivity index is 5.11. The summed E-state index contributed by atoms with van der Waals surface area (Å²) in [6.07, 6.45) is 0. The Morgan fingerprint density at radius 2 is 1.39 bits per heavy atom. The number of rotatable bonds is 8. The van der Waals surface area contributed by atoms with Crippen molar-refractivity contribution in [2.24, 2.45) is 23.7 Å². The van der Waals surface area contributed by atoms with Gasteiger partial charge in [-0.3, -0.25) is 4.79 Å². The third kappa shape index (κ3) is 4.71. The summed E-state index contributed by atoms with van der Waals surface area (Å²) in [4.78, 5) is 12.1. The van der Waals surface area contributed by atoms with Gasteiger partial charge >= 0.3 is 5.97 Å². The van der Waals surface area contributed by atoms with Crippen LogP contribution in [0.5, 0.6) is 0 Å². The highest BCUT2D eigenvalue weighted by Gasteiger charge is 2.36. The van der Waals surface area contributed by atoms with Gasteiger partial charge in [-0.1, -0.05) is 34.3 Å². The number of ether oxygens (including phenoxy) is 2. The molecule has 0 bridgehead atoms. The van der Waals surface area contributed by atoms with E-state index >= 15 is 0 Å². The van der Waals surface area contributed by atoms with Gasteiger partial charge < -0.3 is 9.47 Å². The Bertz CT molecular complexity index is 241. The predicted molar refractivity (Wildman–Crippen MR) is 74.1 cm³/mol. The van der Waals surface area contributed by atoms with Crippen molar-refractivity contribution in [2.75, 3.05) is 13.2 Å². The Kier molecular flexibility index (Phi) is 7.72. The molecule has 0 aromatic heterocycles. The fourth-order valence-electron chi connectivity index (χ4n) is 2.34. The molecule has 0 saturated carbocycles. The van der Waals surface area contributed by atoms with Gasteiger partial charge in [-0.15, -0.1) is 0 Å². The third-order valence-electron chi connectivity index (χ3n) is 3.08. The smallest absolute Gasteiger partial charge is 0.309 e. The summed E-state index contributed by atoms with van der Waals surface area (Å²) < 4.78 is 10.7. The molecule has 0 aromatic rings. The Labute approximate surface area is 112 Å². The maximum absolute atomic E-state index is 12.1. The van der Waals surface area contributed by atoms with Crippen LogP contribution < -0.4 is 0 Å². The molecule has 3 nitrogen and oxygen atoms in total. The van der Waals surface area contributed by atoms with E-state index < -0.39 is 0 Å². The second kappa shape index (κ2) is 8.17. The van der Waals surface area contributed by atoms with Crippen LogP contribution in [0, 0.1) is 23.7 Å². The number of hydrogen-bond acceptors (Lipinski definition) is 3. The van der Waals surface area contributed by atoms with E-state index in [-0.39, 0.29) is 23.7 Å². The molecule has 0 aliphatic heterocycles. The van der Waals surface area contributed by atoms with E-state index in [0.717, 1.165) is 0 Å². The van der Waals surface area contributed by atoms with Gasteiger partial charge in [0.2, 0.25) is 0 Å². The molecule has 18 heavy (non-hydrogen) atoms. The zero-order valence-corrected chi connectivity index (χ0v) is 12.7. The van der Waals surface area contributed by atoms with Crippen LogP contribution >= 0.6 is 0 Å². The van der Waals surface area contributed by atoms with Gasteiger partial charge in [-0.05, 0) is 25.7 Å². The predicted octanol–water partition coefficient (Wildman–Crippen LogP) is 3.64. The number of allylic oxidation sites excluding steroid dienone is 1. The second-order valence-electron chi connectivity index (χ2n) is 5.19. The molecule has 2 atom stereocenters. The van der Waals surface area contributed by atoms with Gasteiger partial charge in [0.25, 0.3) is 0 Å². The van der Waals surface area contributed by atoms with Crippen LogP contribution in [-0.4, -0.2) is 19.2 Å². The monoisotopic (exact) mass is 256 g/mol. The fourth-order valence-corrected chi connectivity index (χ4v) is 2.34. The lowest BCUT2D eigenvalue weighted by molar-refractivity contribution is -0.152. The second-order valence-corrected chi connectivity index (χ2v) is 5.19. The van der Waals surface area contributed by atoms with Crippen LogP contribution in [0.1, 0.15) is 41.5 Å². The van der Waals surface area contributed by atoms with Crippen molar-refractivity contribution in [3.63, 3.8) is 0 Å². The van der Waals surface area contributed by atoms with Crippen molar-refractivity contribution < 1.29 is 14.3 Å². The van der Waals surface area contributed by atoms with Gasteiger partial charge in [0.15, 0.2) is 0 Å². The van der Waals surface area contributed by atoms with Crippen molar-refractivity contribution >= 4 is 5.97 Å². The Morgan fingerprint density at radius 1 is 0.944 bits per heavy atom. The van der Waals surface area contributed by atoms with Crippen molar-refractivity contribution in [3.05, 3.63) is 12.3 Å². The van der Waals surface area contributed by atoms with Gasteiger partial charge in [0, 0.05) is 5.92 Å². The molecule has 0 radical (unpaired) electrons. The summed E-state index contributed by atoms with van der Waals surface area (Å²) in [5, 5.41) is 0. The molecule has 0 amide bonds. The normalized spacial score (nSPS) is 14.4. The SMILES string of the molecule is C=C(OCC)C(C(C)C)C(C(=O)OCC)C(C)C. The maximum atomic E-state index is 12.1. The van der Waals surface area contributed by atoms with E-state index in [2.05, 4.69) is 20.4 Å². The number of carbonyl (C=O) groups is 1. The summed E-state index contributed by atoms with van der Waals surface area (Å²) in [6.45, 7) is 17.0. The minimum absolute atomic E-state index is 0.00370. The summed E-state index contributed by atoms with van der Waals surface area (Å²) in [5.41, 5.74) is 0. The van der Waals surface area contributed by atoms with Crippen LogP contribution in [0.4, 0.5) is 0 Å². The Morgan fingerprint density at radius 3 is 1.72 bits per heavy atom. The number of carbonyl (C=O) groups excluding carboxylic acids is 1. The molecule has 0 fully saturated rings. The van der Waals surface area contributed by atoms with Crippen LogP contribution in [0.3, 0.4) is 0 Å². The van der Waals surface area contributed by atoms with E-state index in [4.69, 9.17) is 9.47 Å². The molecule has 2 unspecified atom stereocenters. The molecule has 3 heteroatoms. The lowest BCUT2D eigenvalue weighted by Crippen LogP contribution is -2.34. The van der Waals surface area contributed by atoms with Gasteiger partial charge in [0.1, 0.15) is 0 Å². The highest BCUT2D eigenvalue weighted by atomic mass is 16.5. The van der Waals surface area contributed by atoms with Crippen LogP contribution in [0.25, 0.3) is 0 Å². The van der Waals surface area contributed by atoms with E-state index in [1.54, 1.807) is 0 Å². The molecule has 0 rings (SSSR count). The summed E-state index contributed by atoms with van der Waals surface area (Å²) >= 11 is 0.